The molecule has 3 aliphatic rings. The summed E-state index contributed by atoms with van der Waals surface area (Å²) in [5.74, 6) is 1.79. The molecule has 6 heteroatoms. The fourth-order valence-electron chi connectivity index (χ4n) is 3.92. The van der Waals surface area contributed by atoms with Crippen molar-refractivity contribution in [2.75, 3.05) is 20.7 Å². The first-order valence-corrected chi connectivity index (χ1v) is 7.49. The first-order valence-electron chi connectivity index (χ1n) is 7.49. The second-order valence-electron chi connectivity index (χ2n) is 6.31. The molecule has 3 nitrogen and oxygen atoms in total. The van der Waals surface area contributed by atoms with E-state index in [2.05, 4.69) is 43.2 Å². The van der Waals surface area contributed by atoms with Crippen molar-refractivity contribution in [3.05, 3.63) is 47.1 Å². The van der Waals surface area contributed by atoms with Crippen LogP contribution in [-0.2, 0) is 110 Å². The van der Waals surface area contributed by atoms with Gasteiger partial charge in [-0.15, -0.1) is 6.08 Å². The molecule has 24 heavy (non-hydrogen) atoms. The van der Waals surface area contributed by atoms with Crippen molar-refractivity contribution in [2.45, 2.75) is 31.4 Å². The normalized spacial score (nSPS) is 25.9. The van der Waals surface area contributed by atoms with Crippen LogP contribution in [0, 0.1) is 13.0 Å². The van der Waals surface area contributed by atoms with E-state index in [0.717, 1.165) is 31.0 Å². The Hall–Kier alpha value is 1.57. The molecule has 2 heterocycles. The van der Waals surface area contributed by atoms with Gasteiger partial charge in [-0.2, -0.15) is 0 Å². The van der Waals surface area contributed by atoms with E-state index >= 15 is 0 Å². The van der Waals surface area contributed by atoms with E-state index in [0.29, 0.717) is 0 Å². The average Bonchev–Trinajstić information content (AvgIpc) is 2.75. The van der Waals surface area contributed by atoms with Gasteiger partial charge in [-0.05, 0) is 55.1 Å². The van der Waals surface area contributed by atoms with E-state index in [9.17, 15) is 0 Å². The topological polar surface area (TPSA) is 21.7 Å². The first-order chi connectivity index (χ1) is 10.2. The average molecular weight is 549 g/mol. The van der Waals surface area contributed by atoms with Crippen LogP contribution in [0.2, 0.25) is 0 Å². The number of rotatable bonds is 1. The second kappa shape index (κ2) is 9.18. The number of ether oxygens (including phenoxy) is 2. The van der Waals surface area contributed by atoms with Gasteiger partial charge in [0.1, 0.15) is 0 Å². The Bertz CT molecular complexity index is 675. The number of nitrogens with zero attached hydrogens (tertiary/aromatic N) is 1. The molecule has 1 spiro atoms. The molecular formula is C18H20NO2Y3-. The summed E-state index contributed by atoms with van der Waals surface area (Å²) in [5.41, 5.74) is 3.96. The molecular weight excluding hydrogens is 529 g/mol. The van der Waals surface area contributed by atoms with Crippen molar-refractivity contribution in [2.24, 2.45) is 0 Å². The fraction of sp³-hybridized carbons (Fsp3) is 0.444. The summed E-state index contributed by atoms with van der Waals surface area (Å²) in [5, 5.41) is 0. The van der Waals surface area contributed by atoms with E-state index in [1.807, 2.05) is 6.08 Å². The van der Waals surface area contributed by atoms with E-state index < -0.39 is 0 Å². The zero-order valence-corrected chi connectivity index (χ0v) is 23.0. The van der Waals surface area contributed by atoms with Crippen LogP contribution in [0.1, 0.15) is 23.1 Å². The fourth-order valence-corrected chi connectivity index (χ4v) is 3.92. The van der Waals surface area contributed by atoms with Gasteiger partial charge in [0.2, 0.25) is 0 Å². The van der Waals surface area contributed by atoms with Crippen molar-refractivity contribution in [1.82, 2.24) is 4.90 Å². The predicted molar refractivity (Wildman–Crippen MR) is 81.7 cm³/mol. The van der Waals surface area contributed by atoms with Crippen LogP contribution in [0.25, 0.3) is 0 Å². The Morgan fingerprint density at radius 2 is 2.08 bits per heavy atom. The third-order valence-electron chi connectivity index (χ3n) is 5.07. The molecule has 0 unspecified atom stereocenters. The summed E-state index contributed by atoms with van der Waals surface area (Å²) in [6.07, 6.45) is 10.7. The Balaban J connectivity index is 0.000000960. The van der Waals surface area contributed by atoms with Gasteiger partial charge in [-0.1, -0.05) is 0 Å². The van der Waals surface area contributed by atoms with Crippen molar-refractivity contribution in [3.63, 3.8) is 0 Å². The van der Waals surface area contributed by atoms with E-state index in [-0.39, 0.29) is 110 Å². The third-order valence-corrected chi connectivity index (χ3v) is 5.07. The number of aryl methyl sites for hydroxylation is 1. The largest absolute Gasteiger partial charge is 0.493 e. The van der Waals surface area contributed by atoms with Crippen LogP contribution in [0.4, 0.5) is 0 Å². The molecule has 119 valence electrons. The molecule has 1 aliphatic carbocycles. The van der Waals surface area contributed by atoms with Crippen molar-refractivity contribution in [1.29, 1.82) is 0 Å². The zero-order chi connectivity index (χ0) is 14.6. The van der Waals surface area contributed by atoms with Gasteiger partial charge in [0.05, 0.1) is 13.2 Å². The number of allylic oxidation sites excluding steroid dienone is 2. The minimum atomic E-state index is -0.0556. The molecule has 4 rings (SSSR count). The van der Waals surface area contributed by atoms with Crippen LogP contribution >= 0.6 is 0 Å². The van der Waals surface area contributed by atoms with Gasteiger partial charge in [-0.25, -0.2) is 12.2 Å². The first kappa shape index (κ1) is 23.6. The number of benzene rings is 1. The maximum absolute atomic E-state index is 6.28. The van der Waals surface area contributed by atoms with Gasteiger partial charge >= 0.3 is 0 Å². The molecule has 3 radical (unpaired) electrons. The summed E-state index contributed by atoms with van der Waals surface area (Å²) in [7, 11) is 3.91. The van der Waals surface area contributed by atoms with Crippen molar-refractivity contribution in [3.8, 4) is 11.5 Å². The van der Waals surface area contributed by atoms with Gasteiger partial charge < -0.3 is 14.4 Å². The maximum Gasteiger partial charge on any atom is 0.164 e. The van der Waals surface area contributed by atoms with Crippen LogP contribution in [-0.4, -0.2) is 31.7 Å². The summed E-state index contributed by atoms with van der Waals surface area (Å²) in [6, 6.07) is 2.11. The van der Waals surface area contributed by atoms with Crippen LogP contribution in [0.15, 0.2) is 24.3 Å². The molecule has 1 aromatic rings. The number of hydrogen-bond donors (Lipinski definition) is 0. The van der Waals surface area contributed by atoms with Gasteiger partial charge in [0.25, 0.3) is 0 Å². The molecule has 0 bridgehead atoms. The van der Waals surface area contributed by atoms with Crippen molar-refractivity contribution < 1.29 is 108 Å². The monoisotopic (exact) mass is 549 g/mol. The molecule has 2 atom stereocenters. The predicted octanol–water partition coefficient (Wildman–Crippen LogP) is 2.76. The van der Waals surface area contributed by atoms with Crippen molar-refractivity contribution >= 4 is 0 Å². The maximum atomic E-state index is 6.28. The molecule has 1 aromatic carbocycles. The van der Waals surface area contributed by atoms with Gasteiger partial charge in [0.15, 0.2) is 11.5 Å². The Labute approximate surface area is 220 Å². The summed E-state index contributed by atoms with van der Waals surface area (Å²) >= 11 is 0. The molecule has 2 aliphatic heterocycles. The Morgan fingerprint density at radius 3 is 2.79 bits per heavy atom. The molecule has 0 N–H and O–H groups in total. The summed E-state index contributed by atoms with van der Waals surface area (Å²) < 4.78 is 11.9. The van der Waals surface area contributed by atoms with E-state index in [1.54, 1.807) is 7.11 Å². The van der Waals surface area contributed by atoms with Crippen LogP contribution < -0.4 is 9.47 Å². The Morgan fingerprint density at radius 1 is 1.33 bits per heavy atom. The van der Waals surface area contributed by atoms with Gasteiger partial charge in [0, 0.05) is 105 Å². The third kappa shape index (κ3) is 3.62. The number of hydrogen-bond acceptors (Lipinski definition) is 3. The second-order valence-corrected chi connectivity index (χ2v) is 6.31. The molecule has 0 aromatic heterocycles. The molecule has 0 saturated heterocycles. The summed E-state index contributed by atoms with van der Waals surface area (Å²) in [6.45, 7) is 4.21. The quantitative estimate of drug-likeness (QED) is 0.504. The Kier molecular flexibility index (Phi) is 9.03. The van der Waals surface area contributed by atoms with Gasteiger partial charge in [-0.3, -0.25) is 6.08 Å². The smallest absolute Gasteiger partial charge is 0.164 e. The molecule has 0 fully saturated rings. The standard InChI is InChI=1S/C18H20NO2.3Y/c1-12-10-14(20-3)17-16-13(12)11-19(2)9-8-18(16)7-5-4-6-15(18)21-17;;;/h5-7,10,15H,8-9,11H2,1-3H3;;;/q-1;;;/t15-,18-;;;/m0.../s1. The van der Waals surface area contributed by atoms with E-state index in [1.165, 1.54) is 16.7 Å². The minimum absolute atomic E-state index is 0. The summed E-state index contributed by atoms with van der Waals surface area (Å²) in [4.78, 5) is 2.40. The molecule has 0 amide bonds. The minimum Gasteiger partial charge on any atom is -0.493 e. The number of methoxy groups -OCH3 is 1. The van der Waals surface area contributed by atoms with Crippen LogP contribution in [0.5, 0.6) is 11.5 Å². The SMILES string of the molecule is COc1cc(C)c2c3c1O[C@H]1C=[C-]C=C[C@@]31CCN(C)C2.[Y].[Y].[Y]. The van der Waals surface area contributed by atoms with Crippen LogP contribution in [0.3, 0.4) is 0 Å². The van der Waals surface area contributed by atoms with E-state index in [4.69, 9.17) is 9.47 Å². The zero-order valence-electron chi connectivity index (χ0n) is 14.5. The molecule has 0 saturated carbocycles.